The summed E-state index contributed by atoms with van der Waals surface area (Å²) in [6.45, 7) is 7.74. The van der Waals surface area contributed by atoms with E-state index in [-0.39, 0.29) is 31.1 Å². The average Bonchev–Trinajstić information content (AvgIpc) is 2.99. The van der Waals surface area contributed by atoms with E-state index in [9.17, 15) is 14.7 Å². The van der Waals surface area contributed by atoms with Crippen molar-refractivity contribution in [2.75, 3.05) is 59.6 Å². The Kier molecular flexibility index (Phi) is 7.47. The van der Waals surface area contributed by atoms with Crippen LogP contribution in [0.1, 0.15) is 19.4 Å². The highest BCUT2D eigenvalue weighted by molar-refractivity contribution is 6.36. The van der Waals surface area contributed by atoms with Crippen LogP contribution >= 0.6 is 0 Å². The van der Waals surface area contributed by atoms with Crippen molar-refractivity contribution in [3.05, 3.63) is 35.5 Å². The first-order chi connectivity index (χ1) is 14.5. The summed E-state index contributed by atoms with van der Waals surface area (Å²) in [6, 6.07) is 7.28. The molecule has 8 heteroatoms. The van der Waals surface area contributed by atoms with E-state index in [1.807, 2.05) is 36.9 Å². The third kappa shape index (κ3) is 4.66. The van der Waals surface area contributed by atoms with Gasteiger partial charge in [-0.1, -0.05) is 18.2 Å². The van der Waals surface area contributed by atoms with Gasteiger partial charge in [-0.3, -0.25) is 19.4 Å². The van der Waals surface area contributed by atoms with Crippen molar-refractivity contribution in [3.63, 3.8) is 0 Å². The fourth-order valence-electron chi connectivity index (χ4n) is 3.87. The molecule has 2 aliphatic rings. The maximum Gasteiger partial charge on any atom is 0.277 e. The Balaban J connectivity index is 1.93. The molecule has 2 amide bonds. The van der Waals surface area contributed by atoms with Crippen LogP contribution in [0.3, 0.4) is 0 Å². The standard InChI is InChI=1S/C22H31N3O5/c1-16(2)30-15-13-25-21(27)19(17-6-4-5-7-18(17)29-3)20(22(25)28)24-10-8-23(9-11-24)12-14-26/h4-7,16,26H,8-15H2,1-3H3. The summed E-state index contributed by atoms with van der Waals surface area (Å²) in [4.78, 5) is 32.1. The number of nitrogens with zero attached hydrogens (tertiary/aromatic N) is 3. The van der Waals surface area contributed by atoms with Crippen LogP contribution in [-0.2, 0) is 14.3 Å². The Morgan fingerprint density at radius 3 is 2.37 bits per heavy atom. The van der Waals surface area contributed by atoms with E-state index in [4.69, 9.17) is 9.47 Å². The molecule has 8 nitrogen and oxygen atoms in total. The van der Waals surface area contributed by atoms with Gasteiger partial charge in [0.25, 0.3) is 11.8 Å². The van der Waals surface area contributed by atoms with Gasteiger partial charge < -0.3 is 19.5 Å². The molecule has 1 aromatic rings. The van der Waals surface area contributed by atoms with E-state index in [0.717, 1.165) is 13.1 Å². The zero-order valence-corrected chi connectivity index (χ0v) is 18.0. The fourth-order valence-corrected chi connectivity index (χ4v) is 3.87. The van der Waals surface area contributed by atoms with Gasteiger partial charge in [0.1, 0.15) is 11.4 Å². The van der Waals surface area contributed by atoms with Gasteiger partial charge in [-0.25, -0.2) is 0 Å². The normalized spacial score (nSPS) is 18.2. The van der Waals surface area contributed by atoms with Gasteiger partial charge in [0.15, 0.2) is 0 Å². The molecule has 30 heavy (non-hydrogen) atoms. The number of aliphatic hydroxyl groups excluding tert-OH is 1. The number of carbonyl (C=O) groups excluding carboxylic acids is 2. The number of para-hydroxylation sites is 1. The number of hydrogen-bond donors (Lipinski definition) is 1. The molecule has 0 saturated carbocycles. The minimum Gasteiger partial charge on any atom is -0.496 e. The van der Waals surface area contributed by atoms with E-state index in [0.29, 0.717) is 48.8 Å². The fraction of sp³-hybridized carbons (Fsp3) is 0.545. The topological polar surface area (TPSA) is 82.6 Å². The van der Waals surface area contributed by atoms with Crippen molar-refractivity contribution in [2.24, 2.45) is 0 Å². The minimum atomic E-state index is -0.315. The zero-order chi connectivity index (χ0) is 21.7. The van der Waals surface area contributed by atoms with E-state index in [1.54, 1.807) is 13.2 Å². The largest absolute Gasteiger partial charge is 0.496 e. The SMILES string of the molecule is COc1ccccc1C1=C(N2CCN(CCO)CC2)C(=O)N(CCOC(C)C)C1=O. The molecule has 1 saturated heterocycles. The van der Waals surface area contributed by atoms with Crippen molar-refractivity contribution in [3.8, 4) is 5.75 Å². The predicted molar refractivity (Wildman–Crippen MR) is 113 cm³/mol. The molecule has 0 bridgehead atoms. The summed E-state index contributed by atoms with van der Waals surface area (Å²) in [5, 5.41) is 9.18. The number of aliphatic hydroxyl groups is 1. The zero-order valence-electron chi connectivity index (χ0n) is 18.0. The van der Waals surface area contributed by atoms with Crippen LogP contribution in [0.25, 0.3) is 5.57 Å². The highest BCUT2D eigenvalue weighted by atomic mass is 16.5. The maximum atomic E-state index is 13.3. The van der Waals surface area contributed by atoms with E-state index in [1.165, 1.54) is 4.90 Å². The quantitative estimate of drug-likeness (QED) is 0.596. The van der Waals surface area contributed by atoms with Gasteiger partial charge in [0.05, 0.1) is 38.5 Å². The number of amides is 2. The van der Waals surface area contributed by atoms with Gasteiger partial charge in [-0.15, -0.1) is 0 Å². The highest BCUT2D eigenvalue weighted by Crippen LogP contribution is 2.36. The predicted octanol–water partition coefficient (Wildman–Crippen LogP) is 0.810. The van der Waals surface area contributed by atoms with Crippen LogP contribution < -0.4 is 4.74 Å². The monoisotopic (exact) mass is 417 g/mol. The number of imide groups is 1. The van der Waals surface area contributed by atoms with Crippen molar-refractivity contribution in [1.29, 1.82) is 0 Å². The lowest BCUT2D eigenvalue weighted by Gasteiger charge is -2.36. The summed E-state index contributed by atoms with van der Waals surface area (Å²) in [5.41, 5.74) is 1.44. The van der Waals surface area contributed by atoms with E-state index in [2.05, 4.69) is 4.90 Å². The third-order valence-electron chi connectivity index (χ3n) is 5.39. The Labute approximate surface area is 177 Å². The van der Waals surface area contributed by atoms with Gasteiger partial charge in [-0.05, 0) is 19.9 Å². The van der Waals surface area contributed by atoms with Gasteiger partial charge >= 0.3 is 0 Å². The molecular weight excluding hydrogens is 386 g/mol. The van der Waals surface area contributed by atoms with E-state index < -0.39 is 0 Å². The number of carbonyl (C=O) groups is 2. The average molecular weight is 418 g/mol. The van der Waals surface area contributed by atoms with Crippen molar-refractivity contribution < 1.29 is 24.2 Å². The number of ether oxygens (including phenoxy) is 2. The van der Waals surface area contributed by atoms with Crippen LogP contribution in [0.15, 0.2) is 30.0 Å². The molecule has 2 heterocycles. The molecule has 0 unspecified atom stereocenters. The molecule has 1 N–H and O–H groups in total. The van der Waals surface area contributed by atoms with Crippen molar-refractivity contribution in [2.45, 2.75) is 20.0 Å². The van der Waals surface area contributed by atoms with Crippen molar-refractivity contribution >= 4 is 17.4 Å². The van der Waals surface area contributed by atoms with Crippen LogP contribution in [0.2, 0.25) is 0 Å². The molecule has 1 fully saturated rings. The number of rotatable bonds is 9. The minimum absolute atomic E-state index is 0.0264. The maximum absolute atomic E-state index is 13.3. The highest BCUT2D eigenvalue weighted by Gasteiger charge is 2.42. The first-order valence-electron chi connectivity index (χ1n) is 10.4. The first-order valence-corrected chi connectivity index (χ1v) is 10.4. The molecule has 0 spiro atoms. The smallest absolute Gasteiger partial charge is 0.277 e. The summed E-state index contributed by atoms with van der Waals surface area (Å²) in [6.07, 6.45) is 0.0264. The lowest BCUT2D eigenvalue weighted by molar-refractivity contribution is -0.138. The Morgan fingerprint density at radius 1 is 1.03 bits per heavy atom. The Bertz CT molecular complexity index is 800. The number of hydrogen-bond acceptors (Lipinski definition) is 7. The summed E-state index contributed by atoms with van der Waals surface area (Å²) < 4.78 is 11.1. The molecule has 1 aromatic carbocycles. The van der Waals surface area contributed by atoms with E-state index >= 15 is 0 Å². The Hall–Kier alpha value is -2.42. The van der Waals surface area contributed by atoms with Crippen LogP contribution in [0.5, 0.6) is 5.75 Å². The molecular formula is C22H31N3O5. The Morgan fingerprint density at radius 2 is 1.73 bits per heavy atom. The van der Waals surface area contributed by atoms with Crippen LogP contribution in [0, 0.1) is 0 Å². The molecule has 3 rings (SSSR count). The molecule has 0 radical (unpaired) electrons. The summed E-state index contributed by atoms with van der Waals surface area (Å²) in [7, 11) is 1.56. The number of methoxy groups -OCH3 is 1. The second kappa shape index (κ2) is 10.1. The number of benzene rings is 1. The van der Waals surface area contributed by atoms with Crippen molar-refractivity contribution in [1.82, 2.24) is 14.7 Å². The molecule has 2 aliphatic heterocycles. The van der Waals surface area contributed by atoms with Gasteiger partial charge in [0.2, 0.25) is 0 Å². The molecule has 0 aliphatic carbocycles. The number of β-amino-alcohol motifs (C(OH)–C–C–N with tert-alkyl or cyclic N) is 1. The summed E-state index contributed by atoms with van der Waals surface area (Å²) >= 11 is 0. The molecule has 0 atom stereocenters. The molecule has 0 aromatic heterocycles. The third-order valence-corrected chi connectivity index (χ3v) is 5.39. The second-order valence-electron chi connectivity index (χ2n) is 7.66. The lowest BCUT2D eigenvalue weighted by atomic mass is 10.0. The second-order valence-corrected chi connectivity index (χ2v) is 7.66. The summed E-state index contributed by atoms with van der Waals surface area (Å²) in [5.74, 6) is -0.0427. The van der Waals surface area contributed by atoms with Gasteiger partial charge in [-0.2, -0.15) is 0 Å². The first kappa shape index (κ1) is 22.3. The van der Waals surface area contributed by atoms with Crippen LogP contribution in [0.4, 0.5) is 0 Å². The molecule has 164 valence electrons. The van der Waals surface area contributed by atoms with Gasteiger partial charge in [0, 0.05) is 38.3 Å². The number of piperazine rings is 1. The lowest BCUT2D eigenvalue weighted by Crippen LogP contribution is -2.48. The van der Waals surface area contributed by atoms with Crippen LogP contribution in [-0.4, -0.2) is 97.3 Å².